The molecule has 2 aromatic rings. The molecule has 1 aromatic heterocycles. The number of rotatable bonds is 11. The maximum atomic E-state index is 13.4. The van der Waals surface area contributed by atoms with Crippen LogP contribution >= 0.6 is 0 Å². The van der Waals surface area contributed by atoms with Gasteiger partial charge in [-0.3, -0.25) is 9.69 Å². The van der Waals surface area contributed by atoms with Crippen molar-refractivity contribution in [2.45, 2.75) is 26.8 Å². The number of morpholine rings is 1. The van der Waals surface area contributed by atoms with Gasteiger partial charge in [-0.15, -0.1) is 0 Å². The summed E-state index contributed by atoms with van der Waals surface area (Å²) < 4.78 is 11.1. The van der Waals surface area contributed by atoms with Crippen molar-refractivity contribution in [3.63, 3.8) is 0 Å². The van der Waals surface area contributed by atoms with Gasteiger partial charge in [-0.1, -0.05) is 30.3 Å². The summed E-state index contributed by atoms with van der Waals surface area (Å²) in [6.07, 6.45) is 0.737. The molecule has 0 unspecified atom stereocenters. The number of carbonyl (C=O) groups is 2. The maximum Gasteiger partial charge on any atom is 0.317 e. The van der Waals surface area contributed by atoms with Crippen molar-refractivity contribution in [2.75, 3.05) is 59.0 Å². The second-order valence-electron chi connectivity index (χ2n) is 8.27. The molecule has 0 bridgehead atoms. The molecule has 0 saturated carbocycles. The minimum atomic E-state index is -0.212. The number of amides is 3. The minimum absolute atomic E-state index is 0.0324. The molecular weight excluding hydrogens is 420 g/mol. The number of hydrogen-bond acceptors (Lipinski definition) is 5. The highest BCUT2D eigenvalue weighted by atomic mass is 16.5. The molecule has 1 N–H and O–H groups in total. The van der Waals surface area contributed by atoms with Crippen LogP contribution in [0, 0.1) is 6.92 Å². The van der Waals surface area contributed by atoms with Crippen LogP contribution in [0.25, 0.3) is 0 Å². The van der Waals surface area contributed by atoms with Crippen LogP contribution in [0.1, 0.15) is 24.0 Å². The fourth-order valence-electron chi connectivity index (χ4n) is 3.82. The Labute approximate surface area is 196 Å². The van der Waals surface area contributed by atoms with Gasteiger partial charge in [0.25, 0.3) is 0 Å². The summed E-state index contributed by atoms with van der Waals surface area (Å²) in [6.45, 7) is 9.56. The molecule has 0 radical (unpaired) electrons. The summed E-state index contributed by atoms with van der Waals surface area (Å²) in [5.74, 6) is 1.47. The number of carbonyl (C=O) groups excluding carboxylic acids is 2. The van der Waals surface area contributed by atoms with Gasteiger partial charge in [0.1, 0.15) is 18.1 Å². The molecule has 0 spiro atoms. The Morgan fingerprint density at radius 2 is 1.79 bits per heavy atom. The molecule has 8 nitrogen and oxygen atoms in total. The van der Waals surface area contributed by atoms with E-state index in [1.54, 1.807) is 9.80 Å². The first-order valence-corrected chi connectivity index (χ1v) is 11.7. The number of benzene rings is 1. The van der Waals surface area contributed by atoms with Gasteiger partial charge in [0.05, 0.1) is 19.8 Å². The molecule has 3 rings (SSSR count). The van der Waals surface area contributed by atoms with Gasteiger partial charge in [-0.25, -0.2) is 4.79 Å². The summed E-state index contributed by atoms with van der Waals surface area (Å²) in [4.78, 5) is 31.7. The lowest BCUT2D eigenvalue weighted by atomic mass is 10.1. The van der Waals surface area contributed by atoms with Crippen molar-refractivity contribution in [1.82, 2.24) is 20.0 Å². The second kappa shape index (κ2) is 13.0. The number of ether oxygens (including phenoxy) is 1. The highest BCUT2D eigenvalue weighted by Gasteiger charge is 2.23. The number of nitrogens with one attached hydrogen (secondary N) is 1. The highest BCUT2D eigenvalue weighted by molar-refractivity contribution is 5.84. The zero-order valence-corrected chi connectivity index (χ0v) is 19.8. The Morgan fingerprint density at radius 3 is 2.45 bits per heavy atom. The lowest BCUT2D eigenvalue weighted by molar-refractivity contribution is -0.132. The van der Waals surface area contributed by atoms with E-state index in [2.05, 4.69) is 22.3 Å². The van der Waals surface area contributed by atoms with Crippen molar-refractivity contribution >= 4 is 11.9 Å². The number of hydrogen-bond donors (Lipinski definition) is 1. The number of aryl methyl sites for hydroxylation is 1. The van der Waals surface area contributed by atoms with Crippen LogP contribution in [0.3, 0.4) is 0 Å². The van der Waals surface area contributed by atoms with Crippen molar-refractivity contribution < 1.29 is 18.7 Å². The smallest absolute Gasteiger partial charge is 0.317 e. The van der Waals surface area contributed by atoms with Crippen LogP contribution in [0.15, 0.2) is 46.9 Å². The molecule has 0 atom stereocenters. The average Bonchev–Trinajstić information content (AvgIpc) is 3.25. The molecule has 3 amide bonds. The zero-order valence-electron chi connectivity index (χ0n) is 19.8. The normalized spacial score (nSPS) is 14.1. The Bertz CT molecular complexity index is 864. The van der Waals surface area contributed by atoms with Crippen molar-refractivity contribution in [1.29, 1.82) is 0 Å². The van der Waals surface area contributed by atoms with E-state index in [1.807, 2.05) is 44.2 Å². The zero-order chi connectivity index (χ0) is 23.5. The van der Waals surface area contributed by atoms with E-state index in [4.69, 9.17) is 9.15 Å². The predicted molar refractivity (Wildman–Crippen MR) is 127 cm³/mol. The van der Waals surface area contributed by atoms with Gasteiger partial charge in [0.15, 0.2) is 0 Å². The largest absolute Gasteiger partial charge is 0.464 e. The number of nitrogens with zero attached hydrogens (tertiary/aromatic N) is 3. The minimum Gasteiger partial charge on any atom is -0.464 e. The number of urea groups is 1. The molecular formula is C25H36N4O4. The molecule has 1 saturated heterocycles. The van der Waals surface area contributed by atoms with Gasteiger partial charge < -0.3 is 24.3 Å². The molecule has 8 heteroatoms. The van der Waals surface area contributed by atoms with Crippen molar-refractivity contribution in [3.05, 3.63) is 59.5 Å². The van der Waals surface area contributed by atoms with Crippen LogP contribution < -0.4 is 5.32 Å². The summed E-state index contributed by atoms with van der Waals surface area (Å²) >= 11 is 0. The second-order valence-corrected chi connectivity index (χ2v) is 8.27. The van der Waals surface area contributed by atoms with E-state index in [0.717, 1.165) is 37.6 Å². The van der Waals surface area contributed by atoms with Gasteiger partial charge >= 0.3 is 6.03 Å². The molecule has 1 fully saturated rings. The summed E-state index contributed by atoms with van der Waals surface area (Å²) in [5.41, 5.74) is 1.17. The van der Waals surface area contributed by atoms with Gasteiger partial charge in [0, 0.05) is 39.3 Å². The monoisotopic (exact) mass is 456 g/mol. The van der Waals surface area contributed by atoms with Crippen LogP contribution in [0.4, 0.5) is 4.79 Å². The van der Waals surface area contributed by atoms with Gasteiger partial charge in [-0.2, -0.15) is 0 Å². The van der Waals surface area contributed by atoms with Crippen molar-refractivity contribution in [3.8, 4) is 0 Å². The molecule has 33 heavy (non-hydrogen) atoms. The Morgan fingerprint density at radius 1 is 1.03 bits per heavy atom. The van der Waals surface area contributed by atoms with Gasteiger partial charge in [-0.05, 0) is 38.0 Å². The first-order chi connectivity index (χ1) is 16.0. The Balaban J connectivity index is 1.66. The molecule has 1 aromatic carbocycles. The summed E-state index contributed by atoms with van der Waals surface area (Å²) in [6, 6.07) is 13.7. The molecule has 180 valence electrons. The van der Waals surface area contributed by atoms with Crippen LogP contribution in [0.5, 0.6) is 0 Å². The Hall–Kier alpha value is -2.84. The van der Waals surface area contributed by atoms with E-state index in [0.29, 0.717) is 39.4 Å². The maximum absolute atomic E-state index is 13.4. The SMILES string of the molecule is CCNC(=O)N(CCN1CCOCC1)CC(=O)N(CCc1ccccc1)Cc1ccc(C)o1. The lowest BCUT2D eigenvalue weighted by Crippen LogP contribution is -2.50. The molecule has 2 heterocycles. The third-order valence-electron chi connectivity index (χ3n) is 5.74. The van der Waals surface area contributed by atoms with E-state index in [-0.39, 0.29) is 18.5 Å². The van der Waals surface area contributed by atoms with Gasteiger partial charge in [0.2, 0.25) is 5.91 Å². The Kier molecular flexibility index (Phi) is 9.77. The fraction of sp³-hybridized carbons (Fsp3) is 0.520. The quantitative estimate of drug-likeness (QED) is 0.562. The lowest BCUT2D eigenvalue weighted by Gasteiger charge is -2.31. The van der Waals surface area contributed by atoms with Crippen LogP contribution in [-0.2, 0) is 22.5 Å². The van der Waals surface area contributed by atoms with E-state index < -0.39 is 0 Å². The highest BCUT2D eigenvalue weighted by Crippen LogP contribution is 2.12. The third kappa shape index (κ3) is 8.22. The molecule has 1 aliphatic rings. The fourth-order valence-corrected chi connectivity index (χ4v) is 3.82. The van der Waals surface area contributed by atoms with Crippen molar-refractivity contribution in [2.24, 2.45) is 0 Å². The van der Waals surface area contributed by atoms with Crippen LogP contribution in [-0.4, -0.2) is 85.7 Å². The summed E-state index contributed by atoms with van der Waals surface area (Å²) in [5, 5.41) is 2.84. The topological polar surface area (TPSA) is 78.3 Å². The molecule has 0 aliphatic carbocycles. The average molecular weight is 457 g/mol. The predicted octanol–water partition coefficient (Wildman–Crippen LogP) is 2.52. The van der Waals surface area contributed by atoms with E-state index >= 15 is 0 Å². The number of furan rings is 1. The standard InChI is InChI=1S/C25H36N4O4/c1-3-26-25(31)29(14-13-27-15-17-32-18-16-27)20-24(30)28(19-23-10-9-21(2)33-23)12-11-22-7-5-4-6-8-22/h4-10H,3,11-20H2,1-2H3,(H,26,31). The third-order valence-corrected chi connectivity index (χ3v) is 5.74. The summed E-state index contributed by atoms with van der Waals surface area (Å²) in [7, 11) is 0. The first kappa shape index (κ1) is 24.8. The van der Waals surface area contributed by atoms with E-state index in [9.17, 15) is 9.59 Å². The molecule has 1 aliphatic heterocycles. The van der Waals surface area contributed by atoms with E-state index in [1.165, 1.54) is 5.56 Å². The van der Waals surface area contributed by atoms with Crippen LogP contribution in [0.2, 0.25) is 0 Å². The first-order valence-electron chi connectivity index (χ1n) is 11.7.